The highest BCUT2D eigenvalue weighted by molar-refractivity contribution is 5.88. The van der Waals surface area contributed by atoms with Crippen LogP contribution in [0.2, 0.25) is 0 Å². The molecule has 3 aromatic heterocycles. The number of rotatable bonds is 5. The fourth-order valence-corrected chi connectivity index (χ4v) is 5.36. The Hall–Kier alpha value is -4.15. The van der Waals surface area contributed by atoms with E-state index in [1.54, 1.807) is 18.3 Å². The van der Waals surface area contributed by atoms with E-state index >= 15 is 0 Å². The van der Waals surface area contributed by atoms with Crippen molar-refractivity contribution in [3.63, 3.8) is 0 Å². The molecule has 1 aliphatic rings. The van der Waals surface area contributed by atoms with Gasteiger partial charge < -0.3 is 5.73 Å². The van der Waals surface area contributed by atoms with Crippen molar-refractivity contribution < 1.29 is 13.6 Å². The number of amides is 1. The molecular formula is C25H24F2N8O. The molecule has 0 saturated carbocycles. The molecule has 36 heavy (non-hydrogen) atoms. The number of carbonyl (C=O) groups is 1. The van der Waals surface area contributed by atoms with E-state index in [-0.39, 0.29) is 28.9 Å². The molecule has 0 aliphatic heterocycles. The maximum absolute atomic E-state index is 14.5. The van der Waals surface area contributed by atoms with E-state index in [2.05, 4.69) is 46.0 Å². The number of halogens is 2. The summed E-state index contributed by atoms with van der Waals surface area (Å²) < 4.78 is 30.3. The van der Waals surface area contributed by atoms with Crippen molar-refractivity contribution in [1.82, 2.24) is 34.9 Å². The van der Waals surface area contributed by atoms with Crippen molar-refractivity contribution in [1.29, 1.82) is 0 Å². The van der Waals surface area contributed by atoms with Crippen LogP contribution >= 0.6 is 0 Å². The second-order valence-electron chi connectivity index (χ2n) is 9.56. The molecule has 1 aliphatic carbocycles. The Morgan fingerprint density at radius 3 is 2.47 bits per heavy atom. The summed E-state index contributed by atoms with van der Waals surface area (Å²) in [6.45, 7) is 8.34. The first-order chi connectivity index (χ1) is 17.1. The summed E-state index contributed by atoms with van der Waals surface area (Å²) in [4.78, 5) is 24.3. The van der Waals surface area contributed by atoms with Crippen molar-refractivity contribution in [2.45, 2.75) is 45.4 Å². The number of nitrogens with two attached hydrogens (primary N) is 1. The smallest absolute Gasteiger partial charge is 0.288 e. The van der Waals surface area contributed by atoms with Crippen LogP contribution in [0.25, 0.3) is 17.2 Å². The fourth-order valence-electron chi connectivity index (χ4n) is 5.36. The molecule has 1 amide bonds. The van der Waals surface area contributed by atoms with Crippen LogP contribution in [0.3, 0.4) is 0 Å². The first-order valence-corrected chi connectivity index (χ1v) is 11.5. The lowest BCUT2D eigenvalue weighted by Crippen LogP contribution is -2.40. The molecule has 0 saturated heterocycles. The van der Waals surface area contributed by atoms with E-state index in [0.29, 0.717) is 11.4 Å². The average Bonchev–Trinajstić information content (AvgIpc) is 3.40. The zero-order valence-electron chi connectivity index (χ0n) is 20.2. The minimum Gasteiger partial charge on any atom is -0.363 e. The predicted molar refractivity (Wildman–Crippen MR) is 126 cm³/mol. The Morgan fingerprint density at radius 1 is 1.11 bits per heavy atom. The number of hydrogen-bond donors (Lipinski definition) is 1. The Morgan fingerprint density at radius 2 is 1.83 bits per heavy atom. The van der Waals surface area contributed by atoms with E-state index in [0.717, 1.165) is 12.0 Å². The van der Waals surface area contributed by atoms with Gasteiger partial charge in [-0.05, 0) is 54.5 Å². The Bertz CT molecular complexity index is 1480. The highest BCUT2D eigenvalue weighted by Crippen LogP contribution is 2.61. The molecule has 4 aromatic rings. The third-order valence-corrected chi connectivity index (χ3v) is 7.53. The molecule has 0 fully saturated rings. The second kappa shape index (κ2) is 8.21. The lowest BCUT2D eigenvalue weighted by molar-refractivity contribution is 0.0990. The maximum Gasteiger partial charge on any atom is 0.288 e. The second-order valence-corrected chi connectivity index (χ2v) is 9.56. The Kier molecular flexibility index (Phi) is 5.38. The SMILES string of the molecule is CC[C@H]1c2cc(-c3c(F)cccc3F)nnc2[C@](C)(c2ccnc(-n3cnc(C(N)=O)n3)n2)C1(C)C. The average molecular weight is 491 g/mol. The molecule has 2 atom stereocenters. The fraction of sp³-hybridized carbons (Fsp3) is 0.320. The zero-order chi connectivity index (χ0) is 25.8. The zero-order valence-corrected chi connectivity index (χ0v) is 20.2. The summed E-state index contributed by atoms with van der Waals surface area (Å²) in [5.41, 5.74) is 6.29. The van der Waals surface area contributed by atoms with E-state index in [4.69, 9.17) is 10.7 Å². The van der Waals surface area contributed by atoms with Crippen LogP contribution in [-0.4, -0.2) is 40.8 Å². The summed E-state index contributed by atoms with van der Waals surface area (Å²) in [6.07, 6.45) is 3.68. The van der Waals surface area contributed by atoms with Crippen molar-refractivity contribution in [2.75, 3.05) is 0 Å². The molecule has 0 spiro atoms. The van der Waals surface area contributed by atoms with Gasteiger partial charge in [0, 0.05) is 6.20 Å². The molecule has 11 heteroatoms. The normalized spacial score (nSPS) is 20.3. The quantitative estimate of drug-likeness (QED) is 0.452. The molecule has 5 rings (SSSR count). The summed E-state index contributed by atoms with van der Waals surface area (Å²) in [7, 11) is 0. The topological polar surface area (TPSA) is 125 Å². The Labute approximate surface area is 205 Å². The molecule has 0 radical (unpaired) electrons. The van der Waals surface area contributed by atoms with Gasteiger partial charge in [-0.25, -0.2) is 23.7 Å². The van der Waals surface area contributed by atoms with Gasteiger partial charge in [0.25, 0.3) is 11.9 Å². The largest absolute Gasteiger partial charge is 0.363 e. The number of benzene rings is 1. The highest BCUT2D eigenvalue weighted by Gasteiger charge is 2.57. The van der Waals surface area contributed by atoms with Gasteiger partial charge in [-0.3, -0.25) is 4.79 Å². The number of fused-ring (bicyclic) bond motifs is 1. The molecule has 3 heterocycles. The van der Waals surface area contributed by atoms with Crippen LogP contribution in [0, 0.1) is 17.0 Å². The van der Waals surface area contributed by atoms with Crippen LogP contribution in [0.5, 0.6) is 0 Å². The summed E-state index contributed by atoms with van der Waals surface area (Å²) >= 11 is 0. The molecule has 0 bridgehead atoms. The van der Waals surface area contributed by atoms with Gasteiger partial charge in [0.05, 0.1) is 28.1 Å². The van der Waals surface area contributed by atoms with E-state index in [1.807, 2.05) is 6.92 Å². The molecular weight excluding hydrogens is 466 g/mol. The van der Waals surface area contributed by atoms with Gasteiger partial charge in [0.1, 0.15) is 18.0 Å². The van der Waals surface area contributed by atoms with E-state index < -0.39 is 28.4 Å². The first-order valence-electron chi connectivity index (χ1n) is 11.5. The summed E-state index contributed by atoms with van der Waals surface area (Å²) in [5, 5.41) is 12.8. The molecule has 2 N–H and O–H groups in total. The van der Waals surface area contributed by atoms with Gasteiger partial charge in [0.2, 0.25) is 5.82 Å². The Balaban J connectivity index is 1.67. The number of carbonyl (C=O) groups excluding carboxylic acids is 1. The third-order valence-electron chi connectivity index (χ3n) is 7.53. The molecule has 184 valence electrons. The number of hydrogen-bond acceptors (Lipinski definition) is 7. The third kappa shape index (κ3) is 3.29. The standard InChI is InChI=1S/C25H24F2N8O/c1-5-14-13-11-17(19-15(26)7-6-8-16(19)27)32-33-20(13)25(4,24(14,2)3)18-9-10-29-23(31-18)35-12-30-22(34-35)21(28)36/h6-12,14H,5H2,1-4H3,(H2,28,36)/t14-,25-/m0/s1. The van der Waals surface area contributed by atoms with E-state index in [9.17, 15) is 13.6 Å². The van der Waals surface area contributed by atoms with Gasteiger partial charge in [-0.1, -0.05) is 26.8 Å². The predicted octanol–water partition coefficient (Wildman–Crippen LogP) is 3.73. The van der Waals surface area contributed by atoms with Crippen molar-refractivity contribution in [2.24, 2.45) is 11.1 Å². The van der Waals surface area contributed by atoms with Crippen LogP contribution in [0.15, 0.2) is 42.9 Å². The lowest BCUT2D eigenvalue weighted by atomic mass is 9.62. The van der Waals surface area contributed by atoms with Crippen LogP contribution in [-0.2, 0) is 5.41 Å². The maximum atomic E-state index is 14.5. The van der Waals surface area contributed by atoms with Crippen molar-refractivity contribution in [3.05, 3.63) is 77.3 Å². The summed E-state index contributed by atoms with van der Waals surface area (Å²) in [6, 6.07) is 7.26. The summed E-state index contributed by atoms with van der Waals surface area (Å²) in [5.74, 6) is -2.07. The highest BCUT2D eigenvalue weighted by atomic mass is 19.1. The van der Waals surface area contributed by atoms with Crippen LogP contribution < -0.4 is 5.73 Å². The minimum absolute atomic E-state index is 0.00725. The van der Waals surface area contributed by atoms with Gasteiger partial charge >= 0.3 is 0 Å². The molecule has 1 aromatic carbocycles. The van der Waals surface area contributed by atoms with Gasteiger partial charge in [-0.2, -0.15) is 9.78 Å². The van der Waals surface area contributed by atoms with Crippen molar-refractivity contribution >= 4 is 5.91 Å². The van der Waals surface area contributed by atoms with Crippen LogP contribution in [0.1, 0.15) is 67.6 Å². The van der Waals surface area contributed by atoms with Gasteiger partial charge in [0.15, 0.2) is 0 Å². The number of primary amides is 1. The van der Waals surface area contributed by atoms with Gasteiger partial charge in [-0.15, -0.1) is 10.2 Å². The lowest BCUT2D eigenvalue weighted by Gasteiger charge is -2.41. The van der Waals surface area contributed by atoms with Crippen molar-refractivity contribution in [3.8, 4) is 17.2 Å². The number of aromatic nitrogens is 7. The number of nitrogens with zero attached hydrogens (tertiary/aromatic N) is 7. The first kappa shape index (κ1) is 23.6. The molecule has 0 unspecified atom stereocenters. The monoisotopic (exact) mass is 490 g/mol. The minimum atomic E-state index is -0.758. The van der Waals surface area contributed by atoms with E-state index in [1.165, 1.54) is 29.2 Å². The van der Waals surface area contributed by atoms with Crippen LogP contribution in [0.4, 0.5) is 8.78 Å². The molecule has 9 nitrogen and oxygen atoms in total.